The van der Waals surface area contributed by atoms with Gasteiger partial charge in [-0.15, -0.1) is 0 Å². The van der Waals surface area contributed by atoms with Gasteiger partial charge in [-0.25, -0.2) is 4.39 Å². The average molecular weight is 480 g/mol. The molecule has 0 saturated carbocycles. The van der Waals surface area contributed by atoms with Gasteiger partial charge in [0.2, 0.25) is 0 Å². The van der Waals surface area contributed by atoms with Crippen molar-refractivity contribution in [3.8, 4) is 5.75 Å². The molecule has 174 valence electrons. The van der Waals surface area contributed by atoms with Crippen LogP contribution in [0.4, 0.5) is 15.8 Å². The average Bonchev–Trinajstić information content (AvgIpc) is 2.86. The molecule has 1 saturated heterocycles. The fourth-order valence-electron chi connectivity index (χ4n) is 4.30. The summed E-state index contributed by atoms with van der Waals surface area (Å²) in [6.07, 6.45) is 0. The van der Waals surface area contributed by atoms with Gasteiger partial charge in [0.15, 0.2) is 6.61 Å². The summed E-state index contributed by atoms with van der Waals surface area (Å²) in [7, 11) is 0. The van der Waals surface area contributed by atoms with E-state index in [0.29, 0.717) is 48.2 Å². The second-order valence-electron chi connectivity index (χ2n) is 8.34. The first-order chi connectivity index (χ1) is 16.5. The molecule has 0 radical (unpaired) electrons. The molecule has 3 aromatic rings. The number of rotatable bonds is 4. The van der Waals surface area contributed by atoms with Gasteiger partial charge in [0.05, 0.1) is 12.2 Å². The molecule has 2 heterocycles. The molecule has 1 fully saturated rings. The summed E-state index contributed by atoms with van der Waals surface area (Å²) in [6, 6.07) is 18.9. The number of hydrogen-bond acceptors (Lipinski definition) is 4. The van der Waals surface area contributed by atoms with Crippen LogP contribution in [0.3, 0.4) is 0 Å². The fraction of sp³-hybridized carbons (Fsp3) is 0.231. The highest BCUT2D eigenvalue weighted by Crippen LogP contribution is 2.34. The summed E-state index contributed by atoms with van der Waals surface area (Å²) < 4.78 is 18.9. The standard InChI is InChI=1S/C26H23ClFN3O3/c27-20-2-1-3-22(15-20)29-10-12-30(13-11-29)26(33)19-6-9-24-23(14-19)31(25(32)17-34-24)16-18-4-7-21(28)8-5-18/h1-9,14-15H,10-13,16-17H2. The van der Waals surface area contributed by atoms with Crippen LogP contribution in [-0.2, 0) is 11.3 Å². The molecule has 8 heteroatoms. The van der Waals surface area contributed by atoms with Gasteiger partial charge in [-0.2, -0.15) is 0 Å². The molecule has 0 bridgehead atoms. The lowest BCUT2D eigenvalue weighted by molar-refractivity contribution is -0.121. The molecule has 0 spiro atoms. The zero-order chi connectivity index (χ0) is 23.7. The Balaban J connectivity index is 1.32. The lowest BCUT2D eigenvalue weighted by atomic mass is 10.1. The van der Waals surface area contributed by atoms with E-state index < -0.39 is 0 Å². The van der Waals surface area contributed by atoms with Crippen LogP contribution in [0.15, 0.2) is 66.7 Å². The number of ether oxygens (including phenoxy) is 1. The summed E-state index contributed by atoms with van der Waals surface area (Å²) in [4.78, 5) is 31.5. The zero-order valence-corrected chi connectivity index (χ0v) is 19.2. The van der Waals surface area contributed by atoms with Gasteiger partial charge in [0.25, 0.3) is 11.8 Å². The van der Waals surface area contributed by atoms with E-state index in [0.717, 1.165) is 11.3 Å². The van der Waals surface area contributed by atoms with Crippen LogP contribution in [0.25, 0.3) is 0 Å². The maximum Gasteiger partial charge on any atom is 0.265 e. The number of halogens is 2. The lowest BCUT2D eigenvalue weighted by Crippen LogP contribution is -2.48. The smallest absolute Gasteiger partial charge is 0.265 e. The van der Waals surface area contributed by atoms with Crippen molar-refractivity contribution in [2.45, 2.75) is 6.54 Å². The molecule has 3 aromatic carbocycles. The van der Waals surface area contributed by atoms with Crippen molar-refractivity contribution < 1.29 is 18.7 Å². The highest BCUT2D eigenvalue weighted by atomic mass is 35.5. The zero-order valence-electron chi connectivity index (χ0n) is 18.4. The van der Waals surface area contributed by atoms with E-state index in [1.54, 1.807) is 35.2 Å². The van der Waals surface area contributed by atoms with Gasteiger partial charge in [-0.3, -0.25) is 9.59 Å². The molecule has 2 amide bonds. The molecule has 0 aliphatic carbocycles. The Morgan fingerprint density at radius 2 is 1.74 bits per heavy atom. The molecular weight excluding hydrogens is 457 g/mol. The Morgan fingerprint density at radius 3 is 2.47 bits per heavy atom. The highest BCUT2D eigenvalue weighted by Gasteiger charge is 2.28. The molecule has 0 N–H and O–H groups in total. The predicted molar refractivity (Wildman–Crippen MR) is 129 cm³/mol. The first-order valence-corrected chi connectivity index (χ1v) is 11.5. The second kappa shape index (κ2) is 9.35. The summed E-state index contributed by atoms with van der Waals surface area (Å²) in [6.45, 7) is 2.76. The molecule has 34 heavy (non-hydrogen) atoms. The highest BCUT2D eigenvalue weighted by molar-refractivity contribution is 6.30. The molecule has 2 aliphatic rings. The number of carbonyl (C=O) groups is 2. The predicted octanol–water partition coefficient (Wildman–Crippen LogP) is 4.37. The van der Waals surface area contributed by atoms with Crippen LogP contribution in [0.2, 0.25) is 5.02 Å². The Kier molecular flexibility index (Phi) is 6.11. The minimum atomic E-state index is -0.333. The van der Waals surface area contributed by atoms with Crippen molar-refractivity contribution >= 4 is 34.8 Å². The SMILES string of the molecule is O=C(c1ccc2c(c1)N(Cc1ccc(F)cc1)C(=O)CO2)N1CCN(c2cccc(Cl)c2)CC1. The van der Waals surface area contributed by atoms with Crippen LogP contribution < -0.4 is 14.5 Å². The van der Waals surface area contributed by atoms with E-state index in [9.17, 15) is 14.0 Å². The normalized spacial score (nSPS) is 15.7. The largest absolute Gasteiger partial charge is 0.482 e. The van der Waals surface area contributed by atoms with E-state index in [1.807, 2.05) is 29.2 Å². The van der Waals surface area contributed by atoms with Gasteiger partial charge in [0.1, 0.15) is 11.6 Å². The fourth-order valence-corrected chi connectivity index (χ4v) is 4.49. The molecule has 2 aliphatic heterocycles. The monoisotopic (exact) mass is 479 g/mol. The number of piperazine rings is 1. The van der Waals surface area contributed by atoms with E-state index >= 15 is 0 Å². The molecule has 5 rings (SSSR count). The quantitative estimate of drug-likeness (QED) is 0.557. The van der Waals surface area contributed by atoms with Gasteiger partial charge >= 0.3 is 0 Å². The Labute approximate surface area is 202 Å². The summed E-state index contributed by atoms with van der Waals surface area (Å²) in [5.41, 5.74) is 2.87. The van der Waals surface area contributed by atoms with Crippen LogP contribution in [0.5, 0.6) is 5.75 Å². The van der Waals surface area contributed by atoms with E-state index in [-0.39, 0.29) is 30.8 Å². The molecule has 0 atom stereocenters. The second-order valence-corrected chi connectivity index (χ2v) is 8.77. The first-order valence-electron chi connectivity index (χ1n) is 11.1. The molecule has 0 unspecified atom stereocenters. The van der Waals surface area contributed by atoms with Crippen LogP contribution in [0.1, 0.15) is 15.9 Å². The van der Waals surface area contributed by atoms with E-state index in [2.05, 4.69) is 4.90 Å². The number of carbonyl (C=O) groups excluding carboxylic acids is 2. The molecule has 6 nitrogen and oxygen atoms in total. The number of anilines is 2. The third kappa shape index (κ3) is 4.56. The van der Waals surface area contributed by atoms with Crippen molar-refractivity contribution in [3.63, 3.8) is 0 Å². The van der Waals surface area contributed by atoms with Crippen LogP contribution in [0, 0.1) is 5.82 Å². The number of nitrogens with zero attached hydrogens (tertiary/aromatic N) is 3. The van der Waals surface area contributed by atoms with Gasteiger partial charge in [-0.05, 0) is 54.1 Å². The summed E-state index contributed by atoms with van der Waals surface area (Å²) >= 11 is 6.12. The molecular formula is C26H23ClFN3O3. The van der Waals surface area contributed by atoms with Crippen LogP contribution >= 0.6 is 11.6 Å². The maximum atomic E-state index is 13.3. The van der Waals surface area contributed by atoms with E-state index in [4.69, 9.17) is 16.3 Å². The van der Waals surface area contributed by atoms with Crippen molar-refractivity contribution in [1.82, 2.24) is 4.90 Å². The number of amides is 2. The van der Waals surface area contributed by atoms with Gasteiger partial charge < -0.3 is 19.4 Å². The molecule has 0 aromatic heterocycles. The van der Waals surface area contributed by atoms with Crippen molar-refractivity contribution in [1.29, 1.82) is 0 Å². The van der Waals surface area contributed by atoms with Gasteiger partial charge in [-0.1, -0.05) is 29.8 Å². The third-order valence-electron chi connectivity index (χ3n) is 6.14. The minimum absolute atomic E-state index is 0.0764. The minimum Gasteiger partial charge on any atom is -0.482 e. The topological polar surface area (TPSA) is 53.1 Å². The number of benzene rings is 3. The summed E-state index contributed by atoms with van der Waals surface area (Å²) in [5.74, 6) is -0.0882. The number of hydrogen-bond donors (Lipinski definition) is 0. The van der Waals surface area contributed by atoms with Crippen molar-refractivity contribution in [3.05, 3.63) is 88.7 Å². The van der Waals surface area contributed by atoms with Crippen molar-refractivity contribution in [2.75, 3.05) is 42.6 Å². The Hall–Kier alpha value is -3.58. The Bertz CT molecular complexity index is 1230. The third-order valence-corrected chi connectivity index (χ3v) is 6.38. The Morgan fingerprint density at radius 1 is 0.971 bits per heavy atom. The van der Waals surface area contributed by atoms with Gasteiger partial charge in [0, 0.05) is 42.5 Å². The number of fused-ring (bicyclic) bond motifs is 1. The first kappa shape index (κ1) is 22.2. The van der Waals surface area contributed by atoms with Crippen molar-refractivity contribution in [2.24, 2.45) is 0 Å². The lowest BCUT2D eigenvalue weighted by Gasteiger charge is -2.36. The maximum absolute atomic E-state index is 13.3. The summed E-state index contributed by atoms with van der Waals surface area (Å²) in [5, 5.41) is 0.687. The van der Waals surface area contributed by atoms with E-state index in [1.165, 1.54) is 12.1 Å². The van der Waals surface area contributed by atoms with Crippen LogP contribution in [-0.4, -0.2) is 49.5 Å².